The minimum absolute atomic E-state index is 0.00227. The number of carbonyl (C=O) groups is 1. The van der Waals surface area contributed by atoms with Crippen molar-refractivity contribution < 1.29 is 22.7 Å². The zero-order chi connectivity index (χ0) is 26.3. The van der Waals surface area contributed by atoms with E-state index in [-0.39, 0.29) is 21.2 Å². The molecule has 1 fully saturated rings. The zero-order valence-corrected chi connectivity index (χ0v) is 22.0. The Morgan fingerprint density at radius 1 is 1.32 bits per heavy atom. The summed E-state index contributed by atoms with van der Waals surface area (Å²) in [6.45, 7) is 2.33. The van der Waals surface area contributed by atoms with Gasteiger partial charge in [-0.25, -0.2) is 22.6 Å². The second-order valence-corrected chi connectivity index (χ2v) is 11.7. The van der Waals surface area contributed by atoms with Crippen LogP contribution in [-0.4, -0.2) is 60.7 Å². The van der Waals surface area contributed by atoms with Gasteiger partial charge in [0, 0.05) is 55.9 Å². The van der Waals surface area contributed by atoms with Crippen molar-refractivity contribution in [3.05, 3.63) is 69.9 Å². The predicted octanol–water partition coefficient (Wildman–Crippen LogP) is 5.00. The van der Waals surface area contributed by atoms with Crippen molar-refractivity contribution in [2.75, 3.05) is 29.3 Å². The molecular weight excluding hydrogens is 541 g/mol. The molecule has 2 aromatic carbocycles. The number of hydrogen-bond acceptors (Lipinski definition) is 7. The number of fused-ring (bicyclic) bond motifs is 1. The lowest BCUT2D eigenvalue weighted by Crippen LogP contribution is -2.37. The molecule has 1 amide bonds. The number of H-pyrrole nitrogens is 1. The zero-order valence-electron chi connectivity index (χ0n) is 19.6. The van der Waals surface area contributed by atoms with Crippen LogP contribution in [0, 0.1) is 5.82 Å². The summed E-state index contributed by atoms with van der Waals surface area (Å²) in [5.74, 6) is -1.43. The third-order valence-corrected chi connectivity index (χ3v) is 9.09. The summed E-state index contributed by atoms with van der Waals surface area (Å²) in [4.78, 5) is 22.0. The Morgan fingerprint density at radius 2 is 2.14 bits per heavy atom. The third-order valence-electron chi connectivity index (χ3n) is 6.52. The first-order valence-electron chi connectivity index (χ1n) is 11.3. The highest BCUT2D eigenvalue weighted by molar-refractivity contribution is 7.93. The van der Waals surface area contributed by atoms with Gasteiger partial charge in [-0.15, -0.1) is 15.6 Å². The lowest BCUT2D eigenvalue weighted by atomic mass is 10.1. The number of carboxylic acid groups (broad SMARTS) is 1. The predicted molar refractivity (Wildman–Crippen MR) is 142 cm³/mol. The Bertz CT molecular complexity index is 1560. The molecule has 37 heavy (non-hydrogen) atoms. The molecule has 4 aromatic rings. The fourth-order valence-electron chi connectivity index (χ4n) is 4.64. The van der Waals surface area contributed by atoms with E-state index in [1.807, 2.05) is 17.2 Å². The number of likely N-dealkylation sites (N-methyl/N-ethyl adjacent to an activating group) is 1. The molecule has 5 rings (SSSR count). The first-order chi connectivity index (χ1) is 17.6. The number of aromatic nitrogens is 2. The van der Waals surface area contributed by atoms with E-state index >= 15 is 4.39 Å². The largest absolute Gasteiger partial charge is 0.464 e. The molecular formula is C24H23ClFN5O4S2. The smallest absolute Gasteiger partial charge is 0.427 e. The van der Waals surface area contributed by atoms with E-state index in [1.54, 1.807) is 7.05 Å². The maximum atomic E-state index is 15.2. The van der Waals surface area contributed by atoms with Crippen LogP contribution in [0.5, 0.6) is 0 Å². The molecule has 1 saturated heterocycles. The quantitative estimate of drug-likeness (QED) is 0.325. The van der Waals surface area contributed by atoms with E-state index in [1.165, 1.54) is 16.5 Å². The van der Waals surface area contributed by atoms with Gasteiger partial charge in [0.05, 0.1) is 16.2 Å². The van der Waals surface area contributed by atoms with Crippen molar-refractivity contribution in [1.29, 1.82) is 0 Å². The fourth-order valence-corrected chi connectivity index (χ4v) is 6.91. The molecule has 0 spiro atoms. The van der Waals surface area contributed by atoms with Crippen LogP contribution in [0.1, 0.15) is 12.0 Å². The second kappa shape index (κ2) is 9.93. The third kappa shape index (κ3) is 4.89. The molecule has 1 aliphatic rings. The number of benzene rings is 2. The van der Waals surface area contributed by atoms with E-state index < -0.39 is 26.8 Å². The number of likely N-dealkylation sites (tertiary alicyclic amines) is 1. The minimum Gasteiger partial charge on any atom is -0.464 e. The van der Waals surface area contributed by atoms with Gasteiger partial charge in [0.2, 0.25) is 0 Å². The van der Waals surface area contributed by atoms with E-state index in [4.69, 9.17) is 11.6 Å². The number of amides is 1. The maximum Gasteiger partial charge on any atom is 0.427 e. The normalized spacial score (nSPS) is 16.4. The lowest BCUT2D eigenvalue weighted by molar-refractivity contribution is 0.206. The van der Waals surface area contributed by atoms with Gasteiger partial charge in [-0.2, -0.15) is 0 Å². The van der Waals surface area contributed by atoms with E-state index in [9.17, 15) is 18.3 Å². The van der Waals surface area contributed by atoms with Crippen molar-refractivity contribution >= 4 is 61.5 Å². The number of sulfonamides is 1. The number of anilines is 2. The first-order valence-corrected chi connectivity index (χ1v) is 14.1. The van der Waals surface area contributed by atoms with Gasteiger partial charge in [-0.3, -0.25) is 4.90 Å². The van der Waals surface area contributed by atoms with Crippen molar-refractivity contribution in [2.24, 2.45) is 0 Å². The Labute approximate surface area is 221 Å². The van der Waals surface area contributed by atoms with Crippen LogP contribution in [0.3, 0.4) is 0 Å². The lowest BCUT2D eigenvalue weighted by Gasteiger charge is -2.28. The number of nitrogens with zero attached hydrogens (tertiary/aromatic N) is 4. The molecule has 3 heterocycles. The molecule has 2 N–H and O–H groups in total. The average molecular weight is 564 g/mol. The van der Waals surface area contributed by atoms with Crippen LogP contribution >= 0.6 is 22.9 Å². The Balaban J connectivity index is 1.34. The van der Waals surface area contributed by atoms with Gasteiger partial charge in [-0.1, -0.05) is 17.7 Å². The molecule has 0 saturated carbocycles. The summed E-state index contributed by atoms with van der Waals surface area (Å²) < 4.78 is 41.3. The van der Waals surface area contributed by atoms with Crippen LogP contribution in [0.15, 0.2) is 58.4 Å². The molecule has 194 valence electrons. The summed E-state index contributed by atoms with van der Waals surface area (Å²) in [7, 11) is -3.02. The highest BCUT2D eigenvalue weighted by Gasteiger charge is 2.36. The van der Waals surface area contributed by atoms with Gasteiger partial charge in [0.15, 0.2) is 5.82 Å². The Hall–Kier alpha value is -3.19. The topological polar surface area (TPSA) is 110 Å². The summed E-state index contributed by atoms with van der Waals surface area (Å²) in [5.41, 5.74) is 3.89. The fraction of sp³-hybridized carbons (Fsp3) is 0.250. The number of hydrogen-bond donors (Lipinski definition) is 2. The highest BCUT2D eigenvalue weighted by Crippen LogP contribution is 2.35. The summed E-state index contributed by atoms with van der Waals surface area (Å²) in [5, 5.41) is 11.9. The van der Waals surface area contributed by atoms with Crippen molar-refractivity contribution in [3.63, 3.8) is 0 Å². The van der Waals surface area contributed by atoms with Crippen molar-refractivity contribution in [1.82, 2.24) is 14.9 Å². The van der Waals surface area contributed by atoms with Crippen LogP contribution in [0.25, 0.3) is 10.9 Å². The van der Waals surface area contributed by atoms with Crippen molar-refractivity contribution in [3.8, 4) is 0 Å². The van der Waals surface area contributed by atoms with Crippen molar-refractivity contribution in [2.45, 2.75) is 23.9 Å². The second-order valence-electron chi connectivity index (χ2n) is 8.82. The molecule has 0 aliphatic carbocycles. The molecule has 0 unspecified atom stereocenters. The van der Waals surface area contributed by atoms with Gasteiger partial charge in [0.25, 0.3) is 10.0 Å². The molecule has 9 nitrogen and oxygen atoms in total. The minimum atomic E-state index is -4.80. The van der Waals surface area contributed by atoms with Crippen LogP contribution in [0.4, 0.5) is 20.7 Å². The summed E-state index contributed by atoms with van der Waals surface area (Å²) in [6.07, 6.45) is 0.925. The summed E-state index contributed by atoms with van der Waals surface area (Å²) in [6, 6.07) is 10.4. The van der Waals surface area contributed by atoms with Gasteiger partial charge in [-0.05, 0) is 41.6 Å². The maximum absolute atomic E-state index is 15.2. The van der Waals surface area contributed by atoms with Gasteiger partial charge in [0.1, 0.15) is 10.7 Å². The number of rotatable bonds is 7. The number of halogens is 2. The standard InChI is InChI=1S/C24H23ClFN5O4S2/c1-29(17-5-7-30(12-17)11-15-2-3-20-16(8-15)4-6-27-20)21-10-19(26)22(9-18(21)25)37(34,35)31(24(32)33)23-13-36-14-28-23/h2-4,6,8-10,13-14,17,27H,5,7,11-12H2,1H3,(H,32,33)/t17-/m0/s1. The van der Waals surface area contributed by atoms with Crippen LogP contribution in [-0.2, 0) is 16.6 Å². The highest BCUT2D eigenvalue weighted by atomic mass is 35.5. The monoisotopic (exact) mass is 563 g/mol. The number of aromatic amines is 1. The van der Waals surface area contributed by atoms with Gasteiger partial charge >= 0.3 is 6.09 Å². The first kappa shape index (κ1) is 25.5. The Morgan fingerprint density at radius 3 is 2.86 bits per heavy atom. The van der Waals surface area contributed by atoms with Gasteiger partial charge < -0.3 is 15.0 Å². The molecule has 0 bridgehead atoms. The van der Waals surface area contributed by atoms with E-state index in [2.05, 4.69) is 33.1 Å². The Kier molecular flexibility index (Phi) is 6.84. The summed E-state index contributed by atoms with van der Waals surface area (Å²) >= 11 is 7.45. The number of nitrogens with one attached hydrogen (secondary N) is 1. The van der Waals surface area contributed by atoms with E-state index in [0.717, 1.165) is 60.4 Å². The molecule has 2 aromatic heterocycles. The molecule has 1 aliphatic heterocycles. The number of thiazole rings is 1. The molecule has 1 atom stereocenters. The SMILES string of the molecule is CN(c1cc(F)c(S(=O)(=O)N(C(=O)O)c2cscn2)cc1Cl)[C@H]1CCN(Cc2ccc3[nH]ccc3c2)C1. The molecule has 13 heteroatoms. The van der Waals surface area contributed by atoms with Crippen LogP contribution < -0.4 is 9.21 Å². The van der Waals surface area contributed by atoms with E-state index in [0.29, 0.717) is 5.69 Å². The van der Waals surface area contributed by atoms with Crippen LogP contribution in [0.2, 0.25) is 5.02 Å². The average Bonchev–Trinajstić information content (AvgIpc) is 3.61. The molecule has 0 radical (unpaired) electrons.